The molecule has 5 heteroatoms. The van der Waals surface area contributed by atoms with Gasteiger partial charge in [-0.05, 0) is 55.0 Å². The topological polar surface area (TPSA) is 54.9 Å². The molecule has 0 radical (unpaired) electrons. The maximum atomic E-state index is 12.5. The minimum absolute atomic E-state index is 0.174. The summed E-state index contributed by atoms with van der Waals surface area (Å²) >= 11 is 3.48. The minimum Gasteiger partial charge on any atom is -0.322 e. The minimum atomic E-state index is -0.174. The number of halogens is 1. The van der Waals surface area contributed by atoms with Gasteiger partial charge in [0.05, 0.1) is 22.1 Å². The molecule has 4 nitrogen and oxygen atoms in total. The molecule has 3 aromatic carbocycles. The first kappa shape index (κ1) is 15.7. The smallest absolute Gasteiger partial charge is 0.255 e. The van der Waals surface area contributed by atoms with Crippen LogP contribution < -0.4 is 5.32 Å². The van der Waals surface area contributed by atoms with Crippen LogP contribution >= 0.6 is 15.9 Å². The highest BCUT2D eigenvalue weighted by Gasteiger charge is 2.09. The lowest BCUT2D eigenvalue weighted by Gasteiger charge is -2.08. The fourth-order valence-corrected chi connectivity index (χ4v) is 3.01. The van der Waals surface area contributed by atoms with Crippen LogP contribution in [0.5, 0.6) is 0 Å². The van der Waals surface area contributed by atoms with Crippen molar-refractivity contribution in [2.45, 2.75) is 6.92 Å². The highest BCUT2D eigenvalue weighted by atomic mass is 79.9. The van der Waals surface area contributed by atoms with Gasteiger partial charge in [-0.25, -0.2) is 9.97 Å². The molecule has 0 unspecified atom stereocenters. The Labute approximate surface area is 153 Å². The number of amides is 1. The fourth-order valence-electron chi connectivity index (χ4n) is 2.64. The molecule has 0 atom stereocenters. The first-order valence-electron chi connectivity index (χ1n) is 7.84. The van der Waals surface area contributed by atoms with Gasteiger partial charge in [0, 0.05) is 15.7 Å². The van der Waals surface area contributed by atoms with E-state index in [1.165, 1.54) is 0 Å². The number of anilines is 1. The summed E-state index contributed by atoms with van der Waals surface area (Å²) < 4.78 is 0.959. The number of carbonyl (C=O) groups excluding carboxylic acids is 1. The average molecular weight is 392 g/mol. The predicted molar refractivity (Wildman–Crippen MR) is 104 cm³/mol. The zero-order chi connectivity index (χ0) is 17.4. The molecule has 0 saturated heterocycles. The summed E-state index contributed by atoms with van der Waals surface area (Å²) in [6.07, 6.45) is 0. The summed E-state index contributed by atoms with van der Waals surface area (Å²) in [5, 5.41) is 2.91. The molecule has 4 aromatic rings. The van der Waals surface area contributed by atoms with E-state index in [1.807, 2.05) is 55.5 Å². The Morgan fingerprint density at radius 2 is 1.56 bits per heavy atom. The van der Waals surface area contributed by atoms with E-state index in [4.69, 9.17) is 0 Å². The molecule has 0 aliphatic carbocycles. The molecular weight excluding hydrogens is 378 g/mol. The molecule has 0 aliphatic rings. The van der Waals surface area contributed by atoms with Crippen molar-refractivity contribution in [3.63, 3.8) is 0 Å². The lowest BCUT2D eigenvalue weighted by Crippen LogP contribution is -2.12. The van der Waals surface area contributed by atoms with Crippen molar-refractivity contribution in [2.75, 3.05) is 5.32 Å². The quantitative estimate of drug-likeness (QED) is 0.483. The second-order valence-corrected chi connectivity index (χ2v) is 6.69. The number of aromatic nitrogens is 2. The van der Waals surface area contributed by atoms with E-state index < -0.39 is 0 Å². The Morgan fingerprint density at radius 1 is 0.880 bits per heavy atom. The van der Waals surface area contributed by atoms with Crippen LogP contribution in [0, 0.1) is 6.92 Å². The van der Waals surface area contributed by atoms with Crippen molar-refractivity contribution in [1.29, 1.82) is 0 Å². The van der Waals surface area contributed by atoms with Gasteiger partial charge in [-0.3, -0.25) is 4.79 Å². The molecule has 0 spiro atoms. The summed E-state index contributed by atoms with van der Waals surface area (Å²) in [4.78, 5) is 21.7. The van der Waals surface area contributed by atoms with E-state index in [-0.39, 0.29) is 5.91 Å². The number of nitrogens with zero attached hydrogens (tertiary/aromatic N) is 2. The second kappa shape index (κ2) is 6.26. The molecule has 122 valence electrons. The van der Waals surface area contributed by atoms with Gasteiger partial charge in [0.25, 0.3) is 5.91 Å². The molecule has 1 heterocycles. The maximum absolute atomic E-state index is 12.5. The maximum Gasteiger partial charge on any atom is 0.255 e. The standard InChI is InChI=1S/C20H14BrN3O/c1-12-6-8-14(11-15(12)21)22-20(25)13-7-9-18-19(10-13)24-17-5-3-2-4-16(17)23-18/h2-11H,1H3,(H,22,25). The van der Waals surface area contributed by atoms with E-state index in [9.17, 15) is 4.79 Å². The SMILES string of the molecule is Cc1ccc(NC(=O)c2ccc3nc4ccccc4nc3c2)cc1Br. The summed E-state index contributed by atoms with van der Waals surface area (Å²) in [5.74, 6) is -0.174. The van der Waals surface area contributed by atoms with Crippen LogP contribution in [-0.4, -0.2) is 15.9 Å². The monoisotopic (exact) mass is 391 g/mol. The second-order valence-electron chi connectivity index (χ2n) is 5.83. The van der Waals surface area contributed by atoms with Crippen molar-refractivity contribution in [1.82, 2.24) is 9.97 Å². The van der Waals surface area contributed by atoms with Crippen LogP contribution in [0.3, 0.4) is 0 Å². The molecule has 1 amide bonds. The Balaban J connectivity index is 1.69. The third-order valence-corrected chi connectivity index (χ3v) is 4.89. The normalized spacial score (nSPS) is 11.0. The van der Waals surface area contributed by atoms with Gasteiger partial charge < -0.3 is 5.32 Å². The number of aryl methyl sites for hydroxylation is 1. The molecule has 0 bridgehead atoms. The number of hydrogen-bond donors (Lipinski definition) is 1. The summed E-state index contributed by atoms with van der Waals surface area (Å²) in [6, 6.07) is 18.8. The number of hydrogen-bond acceptors (Lipinski definition) is 3. The van der Waals surface area contributed by atoms with Crippen molar-refractivity contribution in [3.8, 4) is 0 Å². The lowest BCUT2D eigenvalue weighted by molar-refractivity contribution is 0.102. The van der Waals surface area contributed by atoms with E-state index in [0.717, 1.165) is 32.3 Å². The molecule has 1 aromatic heterocycles. The van der Waals surface area contributed by atoms with Gasteiger partial charge in [-0.15, -0.1) is 0 Å². The predicted octanol–water partition coefficient (Wildman–Crippen LogP) is 5.11. The van der Waals surface area contributed by atoms with Gasteiger partial charge in [0.15, 0.2) is 0 Å². The van der Waals surface area contributed by atoms with Crippen LogP contribution in [0.1, 0.15) is 15.9 Å². The summed E-state index contributed by atoms with van der Waals surface area (Å²) in [7, 11) is 0. The van der Waals surface area contributed by atoms with Gasteiger partial charge in [0.2, 0.25) is 0 Å². The number of para-hydroxylation sites is 2. The molecule has 0 saturated carbocycles. The van der Waals surface area contributed by atoms with E-state index >= 15 is 0 Å². The molecule has 0 fully saturated rings. The van der Waals surface area contributed by atoms with Crippen LogP contribution in [0.25, 0.3) is 22.1 Å². The van der Waals surface area contributed by atoms with Crippen LogP contribution in [-0.2, 0) is 0 Å². The van der Waals surface area contributed by atoms with E-state index in [2.05, 4.69) is 31.2 Å². The third kappa shape index (κ3) is 3.10. The Hall–Kier alpha value is -2.79. The van der Waals surface area contributed by atoms with E-state index in [1.54, 1.807) is 12.1 Å². The van der Waals surface area contributed by atoms with Crippen molar-refractivity contribution >= 4 is 49.6 Å². The van der Waals surface area contributed by atoms with Crippen molar-refractivity contribution in [3.05, 3.63) is 76.3 Å². The summed E-state index contributed by atoms with van der Waals surface area (Å²) in [5.41, 5.74) is 5.54. The Kier molecular flexibility index (Phi) is 3.93. The van der Waals surface area contributed by atoms with Crippen LogP contribution in [0.15, 0.2) is 65.1 Å². The van der Waals surface area contributed by atoms with Crippen molar-refractivity contribution in [2.24, 2.45) is 0 Å². The molecule has 1 N–H and O–H groups in total. The highest BCUT2D eigenvalue weighted by molar-refractivity contribution is 9.10. The van der Waals surface area contributed by atoms with Crippen LogP contribution in [0.4, 0.5) is 5.69 Å². The lowest BCUT2D eigenvalue weighted by atomic mass is 10.1. The largest absolute Gasteiger partial charge is 0.322 e. The van der Waals surface area contributed by atoms with Gasteiger partial charge in [-0.2, -0.15) is 0 Å². The molecule has 0 aliphatic heterocycles. The summed E-state index contributed by atoms with van der Waals surface area (Å²) in [6.45, 7) is 2.00. The number of nitrogens with one attached hydrogen (secondary N) is 1. The van der Waals surface area contributed by atoms with Gasteiger partial charge in [-0.1, -0.05) is 34.1 Å². The van der Waals surface area contributed by atoms with Gasteiger partial charge >= 0.3 is 0 Å². The highest BCUT2D eigenvalue weighted by Crippen LogP contribution is 2.22. The molecule has 4 rings (SSSR count). The van der Waals surface area contributed by atoms with Gasteiger partial charge in [0.1, 0.15) is 0 Å². The number of fused-ring (bicyclic) bond motifs is 2. The number of rotatable bonds is 2. The number of benzene rings is 3. The zero-order valence-corrected chi connectivity index (χ0v) is 15.0. The zero-order valence-electron chi connectivity index (χ0n) is 13.5. The average Bonchev–Trinajstić information content (AvgIpc) is 2.62. The number of carbonyl (C=O) groups is 1. The van der Waals surface area contributed by atoms with Crippen molar-refractivity contribution < 1.29 is 4.79 Å². The Morgan fingerprint density at radius 3 is 2.28 bits per heavy atom. The third-order valence-electron chi connectivity index (χ3n) is 4.03. The molecular formula is C20H14BrN3O. The fraction of sp³-hybridized carbons (Fsp3) is 0.0500. The molecule has 25 heavy (non-hydrogen) atoms. The first-order valence-corrected chi connectivity index (χ1v) is 8.63. The Bertz CT molecular complexity index is 1120. The first-order chi connectivity index (χ1) is 12.1. The van der Waals surface area contributed by atoms with E-state index in [0.29, 0.717) is 11.1 Å². The van der Waals surface area contributed by atoms with Crippen LogP contribution in [0.2, 0.25) is 0 Å².